The third-order valence-corrected chi connectivity index (χ3v) is 5.11. The van der Waals surface area contributed by atoms with Crippen LogP contribution < -0.4 is 4.72 Å². The zero-order valence-corrected chi connectivity index (χ0v) is 12.8. The van der Waals surface area contributed by atoms with Gasteiger partial charge in [-0.2, -0.15) is 0 Å². The fourth-order valence-electron chi connectivity index (χ4n) is 1.64. The van der Waals surface area contributed by atoms with Crippen molar-refractivity contribution in [2.24, 2.45) is 0 Å². The predicted octanol–water partition coefficient (Wildman–Crippen LogP) is 2.78. The molecule has 0 fully saturated rings. The third kappa shape index (κ3) is 3.22. The first-order chi connectivity index (χ1) is 9.85. The molecule has 8 heteroatoms. The minimum absolute atomic E-state index is 0.148. The van der Waals surface area contributed by atoms with Crippen molar-refractivity contribution in [2.75, 3.05) is 11.8 Å². The molecule has 21 heavy (non-hydrogen) atoms. The number of benzene rings is 1. The van der Waals surface area contributed by atoms with E-state index in [0.717, 1.165) is 23.5 Å². The third-order valence-electron chi connectivity index (χ3n) is 2.69. The number of esters is 1. The monoisotopic (exact) mass is 329 g/mol. The lowest BCUT2D eigenvalue weighted by Crippen LogP contribution is -2.15. The minimum Gasteiger partial charge on any atom is -0.465 e. The summed E-state index contributed by atoms with van der Waals surface area (Å²) < 4.78 is 44.6. The van der Waals surface area contributed by atoms with E-state index in [0.29, 0.717) is 5.56 Å². The van der Waals surface area contributed by atoms with Crippen molar-refractivity contribution in [3.63, 3.8) is 0 Å². The second-order valence-corrected chi connectivity index (χ2v) is 6.74. The molecule has 0 spiro atoms. The molecule has 0 unspecified atom stereocenters. The van der Waals surface area contributed by atoms with Crippen LogP contribution in [-0.4, -0.2) is 21.5 Å². The van der Waals surface area contributed by atoms with Gasteiger partial charge < -0.3 is 4.74 Å². The molecular weight excluding hydrogens is 317 g/mol. The molecule has 0 atom stereocenters. The average Bonchev–Trinajstić information content (AvgIpc) is 2.79. The van der Waals surface area contributed by atoms with Gasteiger partial charge in [0.05, 0.1) is 17.7 Å². The first-order valence-corrected chi connectivity index (χ1v) is 8.16. The van der Waals surface area contributed by atoms with Crippen LogP contribution >= 0.6 is 11.3 Å². The number of carbonyl (C=O) groups is 1. The smallest absolute Gasteiger partial charge is 0.350 e. The predicted molar refractivity (Wildman–Crippen MR) is 77.6 cm³/mol. The summed E-state index contributed by atoms with van der Waals surface area (Å²) in [5.74, 6) is -1.29. The standard InChI is InChI=1S/C13H12FNO4S2/c1-8-7-20-12(13(16)19-2)11(8)15-21(17,18)10-5-3-4-9(14)6-10/h3-7,15H,1-2H3. The first-order valence-electron chi connectivity index (χ1n) is 5.80. The lowest BCUT2D eigenvalue weighted by molar-refractivity contribution is 0.0607. The number of methoxy groups -OCH3 is 1. The zero-order valence-electron chi connectivity index (χ0n) is 11.2. The van der Waals surface area contributed by atoms with Crippen molar-refractivity contribution in [3.05, 3.63) is 45.9 Å². The van der Waals surface area contributed by atoms with Gasteiger partial charge in [0.25, 0.3) is 10.0 Å². The molecule has 0 aliphatic carbocycles. The highest BCUT2D eigenvalue weighted by atomic mass is 32.2. The van der Waals surface area contributed by atoms with E-state index in [-0.39, 0.29) is 15.5 Å². The van der Waals surface area contributed by atoms with Crippen LogP contribution in [0.25, 0.3) is 0 Å². The Balaban J connectivity index is 2.42. The molecule has 0 radical (unpaired) electrons. The summed E-state index contributed by atoms with van der Waals surface area (Å²) in [7, 11) is -2.77. The lowest BCUT2D eigenvalue weighted by atomic mass is 10.3. The van der Waals surface area contributed by atoms with Gasteiger partial charge in [0.15, 0.2) is 0 Å². The van der Waals surface area contributed by atoms with E-state index < -0.39 is 21.8 Å². The van der Waals surface area contributed by atoms with Crippen molar-refractivity contribution < 1.29 is 22.3 Å². The molecule has 0 amide bonds. The van der Waals surface area contributed by atoms with Gasteiger partial charge in [-0.1, -0.05) is 6.07 Å². The van der Waals surface area contributed by atoms with Crippen molar-refractivity contribution in [2.45, 2.75) is 11.8 Å². The van der Waals surface area contributed by atoms with E-state index in [1.807, 2.05) is 0 Å². The quantitative estimate of drug-likeness (QED) is 0.876. The van der Waals surface area contributed by atoms with Gasteiger partial charge in [-0.05, 0) is 36.1 Å². The largest absolute Gasteiger partial charge is 0.465 e. The summed E-state index contributed by atoms with van der Waals surface area (Å²) in [6.07, 6.45) is 0. The maximum atomic E-state index is 13.2. The van der Waals surface area contributed by atoms with Crippen LogP contribution in [-0.2, 0) is 14.8 Å². The van der Waals surface area contributed by atoms with E-state index in [4.69, 9.17) is 0 Å². The number of hydrogen-bond donors (Lipinski definition) is 1. The topological polar surface area (TPSA) is 72.5 Å². The highest BCUT2D eigenvalue weighted by Gasteiger charge is 2.22. The van der Waals surface area contributed by atoms with Crippen molar-refractivity contribution in [3.8, 4) is 0 Å². The number of rotatable bonds is 4. The maximum Gasteiger partial charge on any atom is 0.350 e. The van der Waals surface area contributed by atoms with Gasteiger partial charge >= 0.3 is 5.97 Å². The lowest BCUT2D eigenvalue weighted by Gasteiger charge is -2.09. The van der Waals surface area contributed by atoms with Gasteiger partial charge in [-0.15, -0.1) is 11.3 Å². The van der Waals surface area contributed by atoms with Crippen LogP contribution in [0.1, 0.15) is 15.2 Å². The Morgan fingerprint density at radius 1 is 1.38 bits per heavy atom. The fraction of sp³-hybridized carbons (Fsp3) is 0.154. The molecule has 5 nitrogen and oxygen atoms in total. The Hall–Kier alpha value is -1.93. The van der Waals surface area contributed by atoms with E-state index in [9.17, 15) is 17.6 Å². The van der Waals surface area contributed by atoms with E-state index in [1.54, 1.807) is 12.3 Å². The highest BCUT2D eigenvalue weighted by Crippen LogP contribution is 2.30. The Kier molecular flexibility index (Phi) is 4.29. The van der Waals surface area contributed by atoms with E-state index in [2.05, 4.69) is 9.46 Å². The molecule has 2 rings (SSSR count). The van der Waals surface area contributed by atoms with Crippen molar-refractivity contribution in [1.29, 1.82) is 0 Å². The molecule has 1 aromatic carbocycles. The summed E-state index contributed by atoms with van der Waals surface area (Å²) in [5, 5.41) is 1.63. The molecular formula is C13H12FNO4S2. The van der Waals surface area contributed by atoms with Crippen molar-refractivity contribution >= 4 is 33.0 Å². The Labute approximate surface area is 125 Å². The SMILES string of the molecule is COC(=O)c1scc(C)c1NS(=O)(=O)c1cccc(F)c1. The van der Waals surface area contributed by atoms with Crippen LogP contribution in [0.3, 0.4) is 0 Å². The summed E-state index contributed by atoms with van der Waals surface area (Å²) in [4.78, 5) is 11.5. The van der Waals surface area contributed by atoms with Crippen LogP contribution in [0, 0.1) is 12.7 Å². The number of carbonyl (C=O) groups excluding carboxylic acids is 1. The van der Waals surface area contributed by atoms with E-state index >= 15 is 0 Å². The second-order valence-electron chi connectivity index (χ2n) is 4.18. The minimum atomic E-state index is -3.98. The number of nitrogens with one attached hydrogen (secondary N) is 1. The highest BCUT2D eigenvalue weighted by molar-refractivity contribution is 7.92. The van der Waals surface area contributed by atoms with Gasteiger partial charge in [-0.25, -0.2) is 17.6 Å². The summed E-state index contributed by atoms with van der Waals surface area (Å²) in [6.45, 7) is 1.66. The molecule has 0 saturated carbocycles. The summed E-state index contributed by atoms with van der Waals surface area (Å²) >= 11 is 1.07. The molecule has 1 aromatic heterocycles. The Bertz CT molecular complexity index is 783. The molecule has 0 bridgehead atoms. The van der Waals surface area contributed by atoms with Gasteiger partial charge in [0.2, 0.25) is 0 Å². The summed E-state index contributed by atoms with van der Waals surface area (Å²) in [5.41, 5.74) is 0.733. The maximum absolute atomic E-state index is 13.2. The molecule has 2 aromatic rings. The molecule has 0 aliphatic heterocycles. The Morgan fingerprint density at radius 2 is 2.10 bits per heavy atom. The number of thiophene rings is 1. The van der Waals surface area contributed by atoms with Gasteiger partial charge in [0, 0.05) is 0 Å². The van der Waals surface area contributed by atoms with Gasteiger partial charge in [0.1, 0.15) is 10.7 Å². The number of hydrogen-bond acceptors (Lipinski definition) is 5. The fourth-order valence-corrected chi connectivity index (χ4v) is 3.80. The molecule has 112 valence electrons. The second kappa shape index (κ2) is 5.82. The number of aryl methyl sites for hydroxylation is 1. The Morgan fingerprint density at radius 3 is 2.71 bits per heavy atom. The number of anilines is 1. The molecule has 0 aliphatic rings. The normalized spacial score (nSPS) is 11.2. The van der Waals surface area contributed by atoms with Crippen molar-refractivity contribution in [1.82, 2.24) is 0 Å². The first kappa shape index (κ1) is 15.5. The summed E-state index contributed by atoms with van der Waals surface area (Å²) in [6, 6.07) is 4.62. The molecule has 0 saturated heterocycles. The van der Waals surface area contributed by atoms with Crippen LogP contribution in [0.5, 0.6) is 0 Å². The van der Waals surface area contributed by atoms with E-state index in [1.165, 1.54) is 19.2 Å². The van der Waals surface area contributed by atoms with Gasteiger partial charge in [-0.3, -0.25) is 4.72 Å². The zero-order chi connectivity index (χ0) is 15.6. The number of sulfonamides is 1. The van der Waals surface area contributed by atoms with Crippen LogP contribution in [0.4, 0.5) is 10.1 Å². The number of halogens is 1. The van der Waals surface area contributed by atoms with Crippen LogP contribution in [0.2, 0.25) is 0 Å². The molecule has 1 heterocycles. The van der Waals surface area contributed by atoms with Crippen LogP contribution in [0.15, 0.2) is 34.5 Å². The molecule has 1 N–H and O–H groups in total. The average molecular weight is 329 g/mol. The number of ether oxygens (including phenoxy) is 1.